The van der Waals surface area contributed by atoms with Gasteiger partial charge in [0.1, 0.15) is 23.9 Å². The normalized spacial score (nSPS) is 19.2. The van der Waals surface area contributed by atoms with Crippen molar-refractivity contribution in [3.8, 4) is 11.5 Å². The SMILES string of the molecule is Cc1ccccc1COc1ccc(/C(O)=C2\C(=O)C(=O)N(CCCN3CCOCC3)[C@H]2c2cccc(O)c2)cc1. The molecule has 3 aromatic carbocycles. The van der Waals surface area contributed by atoms with E-state index in [-0.39, 0.29) is 17.1 Å². The van der Waals surface area contributed by atoms with Crippen LogP contribution in [0.25, 0.3) is 5.76 Å². The molecule has 1 atom stereocenters. The number of hydrogen-bond donors (Lipinski definition) is 2. The highest BCUT2D eigenvalue weighted by Crippen LogP contribution is 2.40. The molecular formula is C32H34N2O6. The number of likely N-dealkylation sites (tertiary alicyclic amines) is 1. The van der Waals surface area contributed by atoms with Crippen LogP contribution in [-0.4, -0.2) is 71.1 Å². The summed E-state index contributed by atoms with van der Waals surface area (Å²) in [6.45, 7) is 6.58. The molecule has 0 aromatic heterocycles. The Kier molecular flexibility index (Phi) is 8.48. The fourth-order valence-electron chi connectivity index (χ4n) is 5.24. The first-order chi connectivity index (χ1) is 19.4. The van der Waals surface area contributed by atoms with Crippen molar-refractivity contribution in [1.82, 2.24) is 9.80 Å². The van der Waals surface area contributed by atoms with E-state index in [0.29, 0.717) is 49.7 Å². The van der Waals surface area contributed by atoms with Crippen molar-refractivity contribution in [3.05, 3.63) is 101 Å². The summed E-state index contributed by atoms with van der Waals surface area (Å²) in [6.07, 6.45) is 0.662. The van der Waals surface area contributed by atoms with E-state index in [1.54, 1.807) is 36.4 Å². The van der Waals surface area contributed by atoms with E-state index in [1.807, 2.05) is 31.2 Å². The van der Waals surface area contributed by atoms with Gasteiger partial charge in [0, 0.05) is 31.7 Å². The number of aliphatic hydroxyl groups excluding tert-OH is 1. The van der Waals surface area contributed by atoms with Crippen LogP contribution < -0.4 is 4.74 Å². The van der Waals surface area contributed by atoms with Crippen molar-refractivity contribution in [2.24, 2.45) is 0 Å². The molecule has 2 heterocycles. The maximum absolute atomic E-state index is 13.3. The summed E-state index contributed by atoms with van der Waals surface area (Å²) in [5, 5.41) is 21.5. The second-order valence-electron chi connectivity index (χ2n) is 10.1. The van der Waals surface area contributed by atoms with Gasteiger partial charge in [-0.15, -0.1) is 0 Å². The van der Waals surface area contributed by atoms with Crippen molar-refractivity contribution >= 4 is 17.4 Å². The van der Waals surface area contributed by atoms with Gasteiger partial charge >= 0.3 is 0 Å². The van der Waals surface area contributed by atoms with Crippen molar-refractivity contribution < 1.29 is 29.3 Å². The molecule has 2 aliphatic heterocycles. The average Bonchev–Trinajstić information content (AvgIpc) is 3.22. The van der Waals surface area contributed by atoms with Gasteiger partial charge in [-0.3, -0.25) is 14.5 Å². The van der Waals surface area contributed by atoms with Gasteiger partial charge < -0.3 is 24.6 Å². The van der Waals surface area contributed by atoms with Crippen LogP contribution in [0.4, 0.5) is 0 Å². The monoisotopic (exact) mass is 542 g/mol. The molecule has 2 saturated heterocycles. The van der Waals surface area contributed by atoms with Crippen LogP contribution in [-0.2, 0) is 20.9 Å². The Bertz CT molecular complexity index is 1390. The van der Waals surface area contributed by atoms with Gasteiger partial charge in [0.2, 0.25) is 0 Å². The van der Waals surface area contributed by atoms with Crippen LogP contribution in [0.2, 0.25) is 0 Å². The molecule has 8 heteroatoms. The van der Waals surface area contributed by atoms with Gasteiger partial charge in [0.25, 0.3) is 11.7 Å². The lowest BCUT2D eigenvalue weighted by Gasteiger charge is -2.29. The third-order valence-corrected chi connectivity index (χ3v) is 7.49. The number of aromatic hydroxyl groups is 1. The lowest BCUT2D eigenvalue weighted by atomic mass is 9.95. The first-order valence-corrected chi connectivity index (χ1v) is 13.6. The van der Waals surface area contributed by atoms with Crippen molar-refractivity contribution in [2.45, 2.75) is 26.0 Å². The number of ether oxygens (including phenoxy) is 2. The van der Waals surface area contributed by atoms with Crippen LogP contribution in [0.15, 0.2) is 78.4 Å². The molecule has 2 aliphatic rings. The number of carbonyl (C=O) groups excluding carboxylic acids is 2. The Morgan fingerprint density at radius 2 is 1.73 bits per heavy atom. The number of aryl methyl sites for hydroxylation is 1. The number of phenolic OH excluding ortho intramolecular Hbond substituents is 1. The highest BCUT2D eigenvalue weighted by molar-refractivity contribution is 6.46. The van der Waals surface area contributed by atoms with Gasteiger partial charge in [-0.05, 0) is 66.4 Å². The number of amides is 1. The largest absolute Gasteiger partial charge is 0.508 e. The number of morpholine rings is 1. The van der Waals surface area contributed by atoms with Crippen LogP contribution in [0.1, 0.15) is 34.7 Å². The summed E-state index contributed by atoms with van der Waals surface area (Å²) in [5.41, 5.74) is 3.19. The molecule has 0 spiro atoms. The number of phenols is 1. The average molecular weight is 543 g/mol. The summed E-state index contributed by atoms with van der Waals surface area (Å²) in [4.78, 5) is 30.3. The number of nitrogens with zero attached hydrogens (tertiary/aromatic N) is 2. The Morgan fingerprint density at radius 1 is 0.975 bits per heavy atom. The summed E-state index contributed by atoms with van der Waals surface area (Å²) in [5.74, 6) is -1.01. The Balaban J connectivity index is 1.39. The van der Waals surface area contributed by atoms with E-state index < -0.39 is 17.7 Å². The number of benzene rings is 3. The zero-order valence-corrected chi connectivity index (χ0v) is 22.6. The number of rotatable bonds is 9. The first-order valence-electron chi connectivity index (χ1n) is 13.6. The van der Waals surface area contributed by atoms with Gasteiger partial charge in [0.15, 0.2) is 0 Å². The molecular weight excluding hydrogens is 508 g/mol. The molecule has 40 heavy (non-hydrogen) atoms. The van der Waals surface area contributed by atoms with Gasteiger partial charge in [-0.25, -0.2) is 0 Å². The molecule has 0 aliphatic carbocycles. The zero-order valence-electron chi connectivity index (χ0n) is 22.6. The minimum atomic E-state index is -0.811. The molecule has 0 radical (unpaired) electrons. The maximum atomic E-state index is 13.3. The van der Waals surface area contributed by atoms with Crippen molar-refractivity contribution in [3.63, 3.8) is 0 Å². The molecule has 2 N–H and O–H groups in total. The number of carbonyl (C=O) groups is 2. The van der Waals surface area contributed by atoms with Gasteiger partial charge in [-0.1, -0.05) is 36.4 Å². The van der Waals surface area contributed by atoms with Crippen LogP contribution >= 0.6 is 0 Å². The lowest BCUT2D eigenvalue weighted by Crippen LogP contribution is -2.38. The Labute approximate surface area is 234 Å². The number of ketones is 1. The van der Waals surface area contributed by atoms with E-state index >= 15 is 0 Å². The van der Waals surface area contributed by atoms with E-state index in [1.165, 1.54) is 17.0 Å². The molecule has 8 nitrogen and oxygen atoms in total. The number of aliphatic hydroxyl groups is 1. The lowest BCUT2D eigenvalue weighted by molar-refractivity contribution is -0.140. The second kappa shape index (κ2) is 12.4. The third-order valence-electron chi connectivity index (χ3n) is 7.49. The van der Waals surface area contributed by atoms with E-state index in [0.717, 1.165) is 30.8 Å². The predicted molar refractivity (Wildman–Crippen MR) is 151 cm³/mol. The number of Topliss-reactive ketones (excluding diaryl/α,β-unsaturated/α-hetero) is 1. The Morgan fingerprint density at radius 3 is 2.45 bits per heavy atom. The summed E-state index contributed by atoms with van der Waals surface area (Å²) >= 11 is 0. The zero-order chi connectivity index (χ0) is 28.1. The quantitative estimate of drug-likeness (QED) is 0.235. The summed E-state index contributed by atoms with van der Waals surface area (Å²) in [6, 6.07) is 20.5. The standard InChI is InChI=1S/C32H34N2O6/c1-22-6-2-3-7-25(22)21-40-27-12-10-23(11-13-27)30(36)28-29(24-8-4-9-26(35)20-24)34(32(38)31(28)37)15-5-14-33-16-18-39-19-17-33/h2-4,6-13,20,29,35-36H,5,14-19,21H2,1H3/b30-28+/t29-/m0/s1. The van der Waals surface area contributed by atoms with Crippen LogP contribution in [0.5, 0.6) is 11.5 Å². The predicted octanol–water partition coefficient (Wildman–Crippen LogP) is 4.42. The Hall–Kier alpha value is -4.14. The molecule has 2 fully saturated rings. The molecule has 5 rings (SSSR count). The van der Waals surface area contributed by atoms with Crippen molar-refractivity contribution in [1.29, 1.82) is 0 Å². The summed E-state index contributed by atoms with van der Waals surface area (Å²) < 4.78 is 11.3. The topological polar surface area (TPSA) is 99.5 Å². The highest BCUT2D eigenvalue weighted by Gasteiger charge is 2.45. The highest BCUT2D eigenvalue weighted by atomic mass is 16.5. The fraction of sp³-hybridized carbons (Fsp3) is 0.312. The molecule has 0 bridgehead atoms. The van der Waals surface area contributed by atoms with E-state index in [4.69, 9.17) is 9.47 Å². The fourth-order valence-corrected chi connectivity index (χ4v) is 5.24. The van der Waals surface area contributed by atoms with E-state index in [9.17, 15) is 19.8 Å². The van der Waals surface area contributed by atoms with E-state index in [2.05, 4.69) is 4.90 Å². The minimum absolute atomic E-state index is 0.00977. The van der Waals surface area contributed by atoms with Gasteiger partial charge in [-0.2, -0.15) is 0 Å². The van der Waals surface area contributed by atoms with Gasteiger partial charge in [0.05, 0.1) is 24.8 Å². The van der Waals surface area contributed by atoms with Crippen LogP contribution in [0.3, 0.4) is 0 Å². The number of hydrogen-bond acceptors (Lipinski definition) is 7. The molecule has 0 saturated carbocycles. The maximum Gasteiger partial charge on any atom is 0.295 e. The smallest absolute Gasteiger partial charge is 0.295 e. The van der Waals surface area contributed by atoms with Crippen molar-refractivity contribution in [2.75, 3.05) is 39.4 Å². The molecule has 3 aromatic rings. The summed E-state index contributed by atoms with van der Waals surface area (Å²) in [7, 11) is 0. The molecule has 208 valence electrons. The van der Waals surface area contributed by atoms with Crippen LogP contribution in [0, 0.1) is 6.92 Å². The first kappa shape index (κ1) is 27.4. The second-order valence-corrected chi connectivity index (χ2v) is 10.1. The third kappa shape index (κ3) is 6.03. The minimum Gasteiger partial charge on any atom is -0.508 e. The molecule has 0 unspecified atom stereocenters. The molecule has 1 amide bonds.